The number of amides is 1. The molecule has 0 aromatic heterocycles. The van der Waals surface area contributed by atoms with Crippen LogP contribution in [-0.4, -0.2) is 25.3 Å². The predicted octanol–water partition coefficient (Wildman–Crippen LogP) is 5.00. The minimum Gasteiger partial charge on any atom is -0.320 e. The van der Waals surface area contributed by atoms with Crippen LogP contribution in [0.15, 0.2) is 97.1 Å². The number of nitrogens with zero attached hydrogens (tertiary/aromatic N) is 1. The molecule has 1 spiro atoms. The van der Waals surface area contributed by atoms with E-state index in [0.29, 0.717) is 18.7 Å². The summed E-state index contributed by atoms with van der Waals surface area (Å²) in [4.78, 5) is 32.2. The predicted molar refractivity (Wildman–Crippen MR) is 150 cm³/mol. The van der Waals surface area contributed by atoms with Crippen molar-refractivity contribution in [1.29, 1.82) is 0 Å². The topological polar surface area (TPSA) is 41.8 Å². The fourth-order valence-corrected chi connectivity index (χ4v) is 6.85. The first kappa shape index (κ1) is 25.2. The quantitative estimate of drug-likeness (QED) is 0.377. The summed E-state index contributed by atoms with van der Waals surface area (Å²) in [6.07, 6.45) is 0. The summed E-state index contributed by atoms with van der Waals surface area (Å²) in [5.74, 6) is -1.34. The molecular weight excluding hydrogens is 487 g/mol. The second kappa shape index (κ2) is 9.58. The molecule has 1 fully saturated rings. The number of benzene rings is 4. The number of likely N-dealkylation sites (N-methyl/N-ethyl adjacent to an activating group) is 1. The van der Waals surface area contributed by atoms with Crippen LogP contribution in [0.3, 0.4) is 0 Å². The highest BCUT2D eigenvalue weighted by molar-refractivity contribution is 6.12. The van der Waals surface area contributed by atoms with Crippen LogP contribution >= 0.6 is 0 Å². The third-order valence-electron chi connectivity index (χ3n) is 8.74. The largest absolute Gasteiger partial charge is 0.320 e. The van der Waals surface area contributed by atoms with Gasteiger partial charge in [-0.1, -0.05) is 84.4 Å². The first-order valence-electron chi connectivity index (χ1n) is 13.5. The van der Waals surface area contributed by atoms with Crippen molar-refractivity contribution in [3.63, 3.8) is 0 Å². The van der Waals surface area contributed by atoms with Crippen LogP contribution in [0.2, 0.25) is 0 Å². The Morgan fingerprint density at radius 3 is 2.38 bits per heavy atom. The van der Waals surface area contributed by atoms with Gasteiger partial charge < -0.3 is 9.80 Å². The van der Waals surface area contributed by atoms with Crippen molar-refractivity contribution < 1.29 is 18.9 Å². The standard InChI is InChI=1S/C34H31FN2O2/c1-22-13-14-23(2)26(19-22)20-37-30-12-8-7-11-29(30)34(33(37)39)31(32(38)25-9-5-4-6-10-25)28(21-36(34)3)24-15-17-27(35)18-16-24/h4-19,28,31H,20-21H2,1-3H3/p+1. The van der Waals surface area contributed by atoms with Crippen LogP contribution in [0.25, 0.3) is 0 Å². The number of para-hydroxylation sites is 1. The summed E-state index contributed by atoms with van der Waals surface area (Å²) in [5, 5.41) is 0. The highest BCUT2D eigenvalue weighted by Gasteiger charge is 2.70. The van der Waals surface area contributed by atoms with Gasteiger partial charge >= 0.3 is 0 Å². The zero-order valence-corrected chi connectivity index (χ0v) is 22.4. The number of hydrogen-bond acceptors (Lipinski definition) is 2. The van der Waals surface area contributed by atoms with E-state index in [1.807, 2.05) is 66.5 Å². The van der Waals surface area contributed by atoms with E-state index in [1.54, 1.807) is 12.1 Å². The molecule has 196 valence electrons. The van der Waals surface area contributed by atoms with Crippen molar-refractivity contribution in [2.75, 3.05) is 18.5 Å². The van der Waals surface area contributed by atoms with E-state index >= 15 is 0 Å². The molecule has 6 rings (SSSR count). The molecule has 1 N–H and O–H groups in total. The van der Waals surface area contributed by atoms with Gasteiger partial charge in [0.2, 0.25) is 5.54 Å². The number of Topliss-reactive ketones (excluding diaryl/α,β-unsaturated/α-hetero) is 1. The van der Waals surface area contributed by atoms with Gasteiger partial charge in [-0.25, -0.2) is 4.39 Å². The lowest BCUT2D eigenvalue weighted by atomic mass is 9.70. The number of halogens is 1. The number of hydrogen-bond donors (Lipinski definition) is 1. The minimum atomic E-state index is -1.10. The van der Waals surface area contributed by atoms with Crippen molar-refractivity contribution in [1.82, 2.24) is 0 Å². The Balaban J connectivity index is 1.54. The number of likely N-dealkylation sites (tertiary alicyclic amines) is 1. The van der Waals surface area contributed by atoms with Crippen LogP contribution in [0.4, 0.5) is 10.1 Å². The summed E-state index contributed by atoms with van der Waals surface area (Å²) in [5.41, 5.74) is 5.46. The molecule has 2 heterocycles. The Morgan fingerprint density at radius 1 is 0.949 bits per heavy atom. The average molecular weight is 520 g/mol. The van der Waals surface area contributed by atoms with Gasteiger partial charge in [0.05, 0.1) is 31.7 Å². The Hall–Kier alpha value is -4.09. The van der Waals surface area contributed by atoms with Crippen LogP contribution < -0.4 is 9.80 Å². The van der Waals surface area contributed by atoms with Crippen LogP contribution in [-0.2, 0) is 16.9 Å². The van der Waals surface area contributed by atoms with E-state index in [2.05, 4.69) is 32.0 Å². The highest BCUT2D eigenvalue weighted by Crippen LogP contribution is 2.51. The van der Waals surface area contributed by atoms with E-state index < -0.39 is 11.5 Å². The van der Waals surface area contributed by atoms with E-state index in [-0.39, 0.29) is 23.4 Å². The number of carbonyl (C=O) groups is 2. The van der Waals surface area contributed by atoms with Gasteiger partial charge in [0.25, 0.3) is 5.91 Å². The lowest BCUT2D eigenvalue weighted by molar-refractivity contribution is -0.918. The number of carbonyl (C=O) groups excluding carboxylic acids is 2. The number of anilines is 1. The third kappa shape index (κ3) is 3.92. The second-order valence-electron chi connectivity index (χ2n) is 11.0. The maximum absolute atomic E-state index is 14.9. The number of fused-ring (bicyclic) bond motifs is 2. The molecule has 0 bridgehead atoms. The van der Waals surface area contributed by atoms with E-state index in [1.165, 1.54) is 12.1 Å². The minimum absolute atomic E-state index is 0.0546. The Labute approximate surface area is 228 Å². The van der Waals surface area contributed by atoms with Crippen molar-refractivity contribution in [3.8, 4) is 0 Å². The smallest absolute Gasteiger partial charge is 0.294 e. The maximum atomic E-state index is 14.9. The van der Waals surface area contributed by atoms with Gasteiger partial charge in [0, 0.05) is 11.1 Å². The highest BCUT2D eigenvalue weighted by atomic mass is 19.1. The van der Waals surface area contributed by atoms with E-state index in [0.717, 1.165) is 38.4 Å². The van der Waals surface area contributed by atoms with Crippen LogP contribution in [0, 0.1) is 25.6 Å². The summed E-state index contributed by atoms with van der Waals surface area (Å²) in [6.45, 7) is 5.13. The van der Waals surface area contributed by atoms with E-state index in [4.69, 9.17) is 0 Å². The van der Waals surface area contributed by atoms with Gasteiger partial charge in [0.15, 0.2) is 5.78 Å². The molecule has 4 nitrogen and oxygen atoms in total. The molecule has 1 saturated heterocycles. The summed E-state index contributed by atoms with van der Waals surface area (Å²) < 4.78 is 13.9. The first-order valence-corrected chi connectivity index (χ1v) is 13.5. The number of nitrogens with one attached hydrogen (secondary N) is 1. The Bertz CT molecular complexity index is 1570. The zero-order valence-electron chi connectivity index (χ0n) is 22.4. The van der Waals surface area contributed by atoms with Gasteiger partial charge in [0.1, 0.15) is 11.7 Å². The number of aryl methyl sites for hydroxylation is 2. The summed E-state index contributed by atoms with van der Waals surface area (Å²) in [7, 11) is 2.02. The lowest BCUT2D eigenvalue weighted by Gasteiger charge is -2.33. The second-order valence-corrected chi connectivity index (χ2v) is 11.0. The Morgan fingerprint density at radius 2 is 1.64 bits per heavy atom. The molecule has 4 aromatic rings. The van der Waals surface area contributed by atoms with Crippen molar-refractivity contribution in [2.45, 2.75) is 31.8 Å². The molecule has 4 atom stereocenters. The number of rotatable bonds is 5. The summed E-state index contributed by atoms with van der Waals surface area (Å²) >= 11 is 0. The van der Waals surface area contributed by atoms with Crippen molar-refractivity contribution >= 4 is 17.4 Å². The molecule has 0 saturated carbocycles. The normalized spacial score (nSPS) is 23.8. The lowest BCUT2D eigenvalue weighted by Crippen LogP contribution is -3.16. The monoisotopic (exact) mass is 519 g/mol. The van der Waals surface area contributed by atoms with Gasteiger partial charge in [-0.05, 0) is 48.7 Å². The first-order chi connectivity index (χ1) is 18.8. The van der Waals surface area contributed by atoms with E-state index in [9.17, 15) is 14.0 Å². The van der Waals surface area contributed by atoms with Crippen molar-refractivity contribution in [2.24, 2.45) is 5.92 Å². The molecule has 5 heteroatoms. The fraction of sp³-hybridized carbons (Fsp3) is 0.235. The number of ketones is 1. The molecule has 39 heavy (non-hydrogen) atoms. The summed E-state index contributed by atoms with van der Waals surface area (Å²) in [6, 6.07) is 29.9. The Kier molecular flexibility index (Phi) is 6.19. The molecule has 4 unspecified atom stereocenters. The van der Waals surface area contributed by atoms with Crippen LogP contribution in [0.5, 0.6) is 0 Å². The number of quaternary nitrogens is 1. The van der Waals surface area contributed by atoms with Gasteiger partial charge in [-0.3, -0.25) is 9.59 Å². The SMILES string of the molecule is Cc1ccc(C)c(CN2C(=O)C3(c4ccccc42)C(C(=O)c2ccccc2)C(c2ccc(F)cc2)C[NH+]3C)c1. The third-order valence-corrected chi connectivity index (χ3v) is 8.74. The molecule has 4 aromatic carbocycles. The molecule has 2 aliphatic heterocycles. The van der Waals surface area contributed by atoms with Crippen molar-refractivity contribution in [3.05, 3.63) is 136 Å². The molecule has 0 aliphatic carbocycles. The zero-order chi connectivity index (χ0) is 27.3. The van der Waals surface area contributed by atoms with Crippen LogP contribution in [0.1, 0.15) is 44.1 Å². The maximum Gasteiger partial charge on any atom is 0.294 e. The molecular formula is C34H32FN2O2+. The average Bonchev–Trinajstić information content (AvgIpc) is 3.39. The fourth-order valence-electron chi connectivity index (χ4n) is 6.85. The molecule has 1 amide bonds. The molecule has 2 aliphatic rings. The van der Waals surface area contributed by atoms with Gasteiger partial charge in [-0.2, -0.15) is 0 Å². The molecule has 0 radical (unpaired) electrons. The van der Waals surface area contributed by atoms with Gasteiger partial charge in [-0.15, -0.1) is 0 Å².